The summed E-state index contributed by atoms with van der Waals surface area (Å²) in [5.41, 5.74) is 6.00. The largest absolute Gasteiger partial charge is 0.327 e. The Kier molecular flexibility index (Phi) is 5.53. The molecule has 0 aliphatic carbocycles. The Morgan fingerprint density at radius 3 is 2.59 bits per heavy atom. The topological polar surface area (TPSA) is 26.0 Å². The van der Waals surface area contributed by atoms with Gasteiger partial charge >= 0.3 is 0 Å². The van der Waals surface area contributed by atoms with E-state index in [0.717, 1.165) is 12.8 Å². The zero-order chi connectivity index (χ0) is 13.0. The van der Waals surface area contributed by atoms with E-state index < -0.39 is 11.6 Å². The maximum atomic E-state index is 13.7. The zero-order valence-corrected chi connectivity index (χ0v) is 11.7. The zero-order valence-electron chi connectivity index (χ0n) is 10.1. The van der Waals surface area contributed by atoms with Crippen molar-refractivity contribution in [2.45, 2.75) is 39.2 Å². The van der Waals surface area contributed by atoms with Crippen molar-refractivity contribution in [1.82, 2.24) is 0 Å². The third-order valence-electron chi connectivity index (χ3n) is 3.01. The molecule has 2 unspecified atom stereocenters. The molecule has 0 aliphatic rings. The summed E-state index contributed by atoms with van der Waals surface area (Å²) < 4.78 is 27.5. The van der Waals surface area contributed by atoms with E-state index in [0.29, 0.717) is 5.92 Å². The Morgan fingerprint density at radius 2 is 2.00 bits per heavy atom. The SMILES string of the molecule is CCC(C)CC(N)Cc1c(F)ccc(Br)c1F. The minimum atomic E-state index is -0.537. The first-order chi connectivity index (χ1) is 7.95. The van der Waals surface area contributed by atoms with Crippen LogP contribution in [0.1, 0.15) is 32.3 Å². The highest BCUT2D eigenvalue weighted by atomic mass is 79.9. The molecule has 17 heavy (non-hydrogen) atoms. The highest BCUT2D eigenvalue weighted by Gasteiger charge is 2.16. The predicted octanol–water partition coefficient (Wildman–Crippen LogP) is 4.03. The molecule has 1 nitrogen and oxygen atoms in total. The molecule has 0 bridgehead atoms. The van der Waals surface area contributed by atoms with Crippen LogP contribution >= 0.6 is 15.9 Å². The molecule has 0 fully saturated rings. The van der Waals surface area contributed by atoms with Crippen molar-refractivity contribution in [3.8, 4) is 0 Å². The first kappa shape index (κ1) is 14.6. The lowest BCUT2D eigenvalue weighted by molar-refractivity contribution is 0.438. The van der Waals surface area contributed by atoms with Gasteiger partial charge in [0.15, 0.2) is 0 Å². The molecule has 1 rings (SSSR count). The van der Waals surface area contributed by atoms with E-state index in [-0.39, 0.29) is 22.5 Å². The Balaban J connectivity index is 2.77. The predicted molar refractivity (Wildman–Crippen MR) is 69.8 cm³/mol. The van der Waals surface area contributed by atoms with E-state index in [4.69, 9.17) is 5.73 Å². The van der Waals surface area contributed by atoms with Gasteiger partial charge in [0.2, 0.25) is 0 Å². The second kappa shape index (κ2) is 6.45. The van der Waals surface area contributed by atoms with E-state index in [1.54, 1.807) is 0 Å². The fourth-order valence-electron chi connectivity index (χ4n) is 1.79. The molecule has 0 aromatic heterocycles. The number of hydrogen-bond donors (Lipinski definition) is 1. The third kappa shape index (κ3) is 4.03. The summed E-state index contributed by atoms with van der Waals surface area (Å²) in [6, 6.07) is 2.43. The molecule has 4 heteroatoms. The molecule has 1 aromatic rings. The van der Waals surface area contributed by atoms with Crippen molar-refractivity contribution in [2.24, 2.45) is 11.7 Å². The monoisotopic (exact) mass is 305 g/mol. The lowest BCUT2D eigenvalue weighted by Crippen LogP contribution is -2.26. The number of nitrogens with two attached hydrogens (primary N) is 1. The summed E-state index contributed by atoms with van der Waals surface area (Å²) in [6.07, 6.45) is 2.04. The summed E-state index contributed by atoms with van der Waals surface area (Å²) in [7, 11) is 0. The van der Waals surface area contributed by atoms with Gasteiger partial charge in [-0.3, -0.25) is 0 Å². The van der Waals surface area contributed by atoms with Crippen LogP contribution in [0.5, 0.6) is 0 Å². The molecule has 0 heterocycles. The van der Waals surface area contributed by atoms with Gasteiger partial charge in [-0.1, -0.05) is 20.3 Å². The second-order valence-corrected chi connectivity index (χ2v) is 5.39. The molecule has 0 saturated heterocycles. The van der Waals surface area contributed by atoms with Crippen LogP contribution in [-0.2, 0) is 6.42 Å². The molecule has 0 spiro atoms. The molecular formula is C13H18BrF2N. The molecule has 2 atom stereocenters. The van der Waals surface area contributed by atoms with Crippen LogP contribution in [0, 0.1) is 17.6 Å². The lowest BCUT2D eigenvalue weighted by Gasteiger charge is -2.17. The fourth-order valence-corrected chi connectivity index (χ4v) is 2.16. The minimum Gasteiger partial charge on any atom is -0.327 e. The molecule has 0 amide bonds. The van der Waals surface area contributed by atoms with Crippen LogP contribution in [-0.4, -0.2) is 6.04 Å². The molecule has 0 aliphatic heterocycles. The van der Waals surface area contributed by atoms with E-state index in [2.05, 4.69) is 29.8 Å². The van der Waals surface area contributed by atoms with Gasteiger partial charge in [0.25, 0.3) is 0 Å². The molecule has 1 aromatic carbocycles. The van der Waals surface area contributed by atoms with Gasteiger partial charge in [-0.2, -0.15) is 0 Å². The van der Waals surface area contributed by atoms with Gasteiger partial charge in [-0.25, -0.2) is 8.78 Å². The van der Waals surface area contributed by atoms with Crippen molar-refractivity contribution in [1.29, 1.82) is 0 Å². The van der Waals surface area contributed by atoms with E-state index in [1.807, 2.05) is 0 Å². The van der Waals surface area contributed by atoms with Gasteiger partial charge in [0.05, 0.1) is 4.47 Å². The molecular weight excluding hydrogens is 288 g/mol. The Hall–Kier alpha value is -0.480. The van der Waals surface area contributed by atoms with Crippen LogP contribution in [0.25, 0.3) is 0 Å². The van der Waals surface area contributed by atoms with Crippen LogP contribution in [0.4, 0.5) is 8.78 Å². The lowest BCUT2D eigenvalue weighted by atomic mass is 9.95. The number of rotatable bonds is 5. The summed E-state index contributed by atoms with van der Waals surface area (Å²) in [6.45, 7) is 4.17. The van der Waals surface area contributed by atoms with Crippen LogP contribution in [0.2, 0.25) is 0 Å². The van der Waals surface area contributed by atoms with Gasteiger partial charge in [-0.05, 0) is 46.8 Å². The van der Waals surface area contributed by atoms with Gasteiger partial charge in [0, 0.05) is 11.6 Å². The van der Waals surface area contributed by atoms with Gasteiger partial charge < -0.3 is 5.73 Å². The Bertz CT molecular complexity index is 382. The first-order valence-electron chi connectivity index (χ1n) is 5.83. The average Bonchev–Trinajstić information content (AvgIpc) is 2.29. The molecule has 0 radical (unpaired) electrons. The van der Waals surface area contributed by atoms with Gasteiger partial charge in [0.1, 0.15) is 11.6 Å². The molecule has 96 valence electrons. The molecule has 2 N–H and O–H groups in total. The minimum absolute atomic E-state index is 0.0789. The standard InChI is InChI=1S/C13H18BrF2N/c1-3-8(2)6-9(17)7-10-12(15)5-4-11(14)13(10)16/h4-5,8-9H,3,6-7,17H2,1-2H3. The average molecular weight is 306 g/mol. The first-order valence-corrected chi connectivity index (χ1v) is 6.62. The van der Waals surface area contributed by atoms with E-state index >= 15 is 0 Å². The fraction of sp³-hybridized carbons (Fsp3) is 0.538. The second-order valence-electron chi connectivity index (χ2n) is 4.54. The Labute approximate surface area is 110 Å². The van der Waals surface area contributed by atoms with Crippen molar-refractivity contribution in [3.63, 3.8) is 0 Å². The summed E-state index contributed by atoms with van der Waals surface area (Å²) in [5, 5.41) is 0. The van der Waals surface area contributed by atoms with E-state index in [1.165, 1.54) is 12.1 Å². The third-order valence-corrected chi connectivity index (χ3v) is 3.62. The van der Waals surface area contributed by atoms with Gasteiger partial charge in [-0.15, -0.1) is 0 Å². The Morgan fingerprint density at radius 1 is 1.35 bits per heavy atom. The molecule has 0 saturated carbocycles. The quantitative estimate of drug-likeness (QED) is 0.817. The van der Waals surface area contributed by atoms with Crippen molar-refractivity contribution in [2.75, 3.05) is 0 Å². The number of benzene rings is 1. The maximum Gasteiger partial charge on any atom is 0.143 e. The van der Waals surface area contributed by atoms with Crippen molar-refractivity contribution in [3.05, 3.63) is 33.8 Å². The normalized spacial score (nSPS) is 14.7. The van der Waals surface area contributed by atoms with E-state index in [9.17, 15) is 8.78 Å². The maximum absolute atomic E-state index is 13.7. The summed E-state index contributed by atoms with van der Waals surface area (Å²) in [5.74, 6) is -0.585. The smallest absolute Gasteiger partial charge is 0.143 e. The summed E-state index contributed by atoms with van der Waals surface area (Å²) >= 11 is 3.05. The summed E-state index contributed by atoms with van der Waals surface area (Å²) in [4.78, 5) is 0. The number of hydrogen-bond acceptors (Lipinski definition) is 1. The van der Waals surface area contributed by atoms with Crippen molar-refractivity contribution < 1.29 is 8.78 Å². The number of halogens is 3. The van der Waals surface area contributed by atoms with Crippen LogP contribution in [0.3, 0.4) is 0 Å². The van der Waals surface area contributed by atoms with Crippen LogP contribution < -0.4 is 5.73 Å². The highest BCUT2D eigenvalue weighted by molar-refractivity contribution is 9.10. The van der Waals surface area contributed by atoms with Crippen molar-refractivity contribution >= 4 is 15.9 Å². The highest BCUT2D eigenvalue weighted by Crippen LogP contribution is 2.23. The van der Waals surface area contributed by atoms with Crippen LogP contribution in [0.15, 0.2) is 16.6 Å².